The van der Waals surface area contributed by atoms with Gasteiger partial charge < -0.3 is 20.8 Å². The van der Waals surface area contributed by atoms with E-state index in [1.807, 2.05) is 31.2 Å². The number of azide groups is 1. The lowest BCUT2D eigenvalue weighted by molar-refractivity contribution is -0.0502. The normalized spacial score (nSPS) is 14.1. The molecular weight excluding hydrogens is 495 g/mol. The molecule has 0 spiro atoms. The first-order chi connectivity index (χ1) is 17.9. The molecule has 0 radical (unpaired) electrons. The summed E-state index contributed by atoms with van der Waals surface area (Å²) in [6.07, 6.45) is 0.980. The van der Waals surface area contributed by atoms with Gasteiger partial charge in [0.05, 0.1) is 0 Å². The minimum absolute atomic E-state index is 0.106. The fraction of sp³-hybridized carbons (Fsp3) is 0.360. The van der Waals surface area contributed by atoms with E-state index in [-0.39, 0.29) is 28.3 Å². The fourth-order valence-corrected chi connectivity index (χ4v) is 4.55. The average Bonchev–Trinajstić information content (AvgIpc) is 3.27. The second-order valence-electron chi connectivity index (χ2n) is 8.35. The molecule has 3 aromatic rings. The zero-order chi connectivity index (χ0) is 26.8. The van der Waals surface area contributed by atoms with Crippen LogP contribution in [0.15, 0.2) is 53.8 Å². The number of nitrogens with one attached hydrogen (secondary N) is 1. The van der Waals surface area contributed by atoms with E-state index in [2.05, 4.69) is 44.1 Å². The van der Waals surface area contributed by atoms with Gasteiger partial charge in [-0.25, -0.2) is 9.37 Å². The maximum atomic E-state index is 13.5. The van der Waals surface area contributed by atoms with Gasteiger partial charge in [0.1, 0.15) is 21.8 Å². The molecule has 12 heteroatoms. The molecule has 3 N–H and O–H groups in total. The molecule has 2 heterocycles. The van der Waals surface area contributed by atoms with E-state index in [9.17, 15) is 9.18 Å². The number of aromatic nitrogens is 1. The lowest BCUT2D eigenvalue weighted by Crippen LogP contribution is -2.50. The molecule has 1 atom stereocenters. The smallest absolute Gasteiger partial charge is 0.206 e. The number of rotatable bonds is 8. The first kappa shape index (κ1) is 27.7. The van der Waals surface area contributed by atoms with Crippen molar-refractivity contribution < 1.29 is 14.0 Å². The highest BCUT2D eigenvalue weighted by Gasteiger charge is 2.22. The average molecular weight is 527 g/mol. The number of benzene rings is 2. The van der Waals surface area contributed by atoms with Crippen LogP contribution in [-0.2, 0) is 4.84 Å². The zero-order valence-electron chi connectivity index (χ0n) is 21.1. The zero-order valence-corrected chi connectivity index (χ0v) is 21.9. The Morgan fingerprint density at radius 3 is 2.54 bits per heavy atom. The van der Waals surface area contributed by atoms with Crippen LogP contribution in [0.1, 0.15) is 42.4 Å². The van der Waals surface area contributed by atoms with Gasteiger partial charge in [-0.1, -0.05) is 43.7 Å². The monoisotopic (exact) mass is 526 g/mol. The SMILES string of the molecule is CC(ON=[N+]=[N-])N1CCN(c2ccc(Nc3nc(N)c(C(=O)c4cccc(F)c4)s3)cc2)CC1.CCC. The summed E-state index contributed by atoms with van der Waals surface area (Å²) in [4.78, 5) is 29.2. The lowest BCUT2D eigenvalue weighted by Gasteiger charge is -2.38. The molecule has 0 bridgehead atoms. The topological polar surface area (TPSA) is 132 Å². The third kappa shape index (κ3) is 7.56. The molecule has 10 nitrogen and oxygen atoms in total. The third-order valence-corrected chi connectivity index (χ3v) is 6.48. The van der Waals surface area contributed by atoms with Crippen molar-refractivity contribution in [1.82, 2.24) is 9.88 Å². The quantitative estimate of drug-likeness (QED) is 0.122. The van der Waals surface area contributed by atoms with Gasteiger partial charge in [0.25, 0.3) is 0 Å². The van der Waals surface area contributed by atoms with Crippen LogP contribution in [0.2, 0.25) is 0 Å². The van der Waals surface area contributed by atoms with Crippen molar-refractivity contribution in [1.29, 1.82) is 0 Å². The summed E-state index contributed by atoms with van der Waals surface area (Å²) in [6.45, 7) is 9.29. The summed E-state index contributed by atoms with van der Waals surface area (Å²) in [5.74, 6) is -0.740. The van der Waals surface area contributed by atoms with E-state index in [0.717, 1.165) is 48.9 Å². The molecule has 1 fully saturated rings. The second-order valence-corrected chi connectivity index (χ2v) is 9.35. The number of hydrogen-bond acceptors (Lipinski definition) is 9. The van der Waals surface area contributed by atoms with Gasteiger partial charge in [-0.2, -0.15) is 0 Å². The van der Waals surface area contributed by atoms with Crippen molar-refractivity contribution in [3.63, 3.8) is 0 Å². The first-order valence-electron chi connectivity index (χ1n) is 12.0. The Morgan fingerprint density at radius 2 is 1.92 bits per heavy atom. The number of carbonyl (C=O) groups excluding carboxylic acids is 1. The number of nitrogens with zero attached hydrogens (tertiary/aromatic N) is 6. The Hall–Kier alpha value is -3.86. The van der Waals surface area contributed by atoms with Crippen LogP contribution in [-0.4, -0.2) is 48.1 Å². The van der Waals surface area contributed by atoms with E-state index in [4.69, 9.17) is 16.1 Å². The standard InChI is InChI=1S/C22H23FN8O2S.C3H8/c1-14(33-29-28-25)30-9-11-31(12-10-30)18-7-5-17(6-8-18)26-22-27-21(24)20(34-22)19(32)15-3-2-4-16(23)13-15;1-3-2/h2-8,13-14H,9-12,24H2,1H3,(H,26,27);3H2,1-2H3. The molecule has 1 saturated heterocycles. The summed E-state index contributed by atoms with van der Waals surface area (Å²) in [5.41, 5.74) is 16.4. The minimum atomic E-state index is -0.482. The van der Waals surface area contributed by atoms with Gasteiger partial charge in [-0.3, -0.25) is 9.69 Å². The number of ketones is 1. The molecule has 1 unspecified atom stereocenters. The van der Waals surface area contributed by atoms with Crippen LogP contribution in [0, 0.1) is 5.82 Å². The van der Waals surface area contributed by atoms with Crippen molar-refractivity contribution >= 4 is 39.4 Å². The maximum Gasteiger partial charge on any atom is 0.206 e. The first-order valence-corrected chi connectivity index (χ1v) is 12.8. The highest BCUT2D eigenvalue weighted by Crippen LogP contribution is 2.30. The van der Waals surface area contributed by atoms with Gasteiger partial charge >= 0.3 is 0 Å². The van der Waals surface area contributed by atoms with Crippen LogP contribution in [0.25, 0.3) is 10.4 Å². The van der Waals surface area contributed by atoms with Crippen LogP contribution in [0.5, 0.6) is 0 Å². The Kier molecular flexibility index (Phi) is 10.1. The van der Waals surface area contributed by atoms with Crippen LogP contribution in [0.3, 0.4) is 0 Å². The van der Waals surface area contributed by atoms with Gasteiger partial charge in [0, 0.05) is 48.0 Å². The number of nitrogens with two attached hydrogens (primary N) is 1. The highest BCUT2D eigenvalue weighted by molar-refractivity contribution is 7.18. The molecule has 0 aliphatic carbocycles. The van der Waals surface area contributed by atoms with Gasteiger partial charge in [-0.05, 0) is 48.9 Å². The fourth-order valence-electron chi connectivity index (χ4n) is 3.69. The highest BCUT2D eigenvalue weighted by atomic mass is 32.1. The van der Waals surface area contributed by atoms with Crippen molar-refractivity contribution in [2.24, 2.45) is 5.28 Å². The Labute approximate surface area is 219 Å². The van der Waals surface area contributed by atoms with Crippen LogP contribution >= 0.6 is 11.3 Å². The van der Waals surface area contributed by atoms with Gasteiger partial charge in [0.2, 0.25) is 5.78 Å². The number of nitrogen functional groups attached to an aromatic ring is 1. The predicted molar refractivity (Wildman–Crippen MR) is 146 cm³/mol. The van der Waals surface area contributed by atoms with Crippen molar-refractivity contribution in [2.45, 2.75) is 33.4 Å². The molecule has 37 heavy (non-hydrogen) atoms. The summed E-state index contributed by atoms with van der Waals surface area (Å²) in [7, 11) is 0. The second kappa shape index (κ2) is 13.4. The van der Waals surface area contributed by atoms with Gasteiger partial charge in [-0.15, -0.1) is 0 Å². The van der Waals surface area contributed by atoms with Crippen LogP contribution < -0.4 is 16.0 Å². The molecule has 2 aromatic carbocycles. The van der Waals surface area contributed by atoms with E-state index >= 15 is 0 Å². The summed E-state index contributed by atoms with van der Waals surface area (Å²) in [5, 5.41) is 6.83. The Balaban J connectivity index is 0.00000121. The molecular formula is C25H31FN8O2S. The van der Waals surface area contributed by atoms with E-state index < -0.39 is 5.82 Å². The molecule has 0 amide bonds. The van der Waals surface area contributed by atoms with E-state index in [0.29, 0.717) is 5.13 Å². The van der Waals surface area contributed by atoms with Crippen molar-refractivity contribution in [3.05, 3.63) is 75.2 Å². The summed E-state index contributed by atoms with van der Waals surface area (Å²) < 4.78 is 13.5. The van der Waals surface area contributed by atoms with Crippen LogP contribution in [0.4, 0.5) is 26.7 Å². The summed E-state index contributed by atoms with van der Waals surface area (Å²) >= 11 is 1.13. The number of carbonyl (C=O) groups is 1. The molecule has 1 aliphatic heterocycles. The molecule has 0 saturated carbocycles. The molecule has 196 valence electrons. The van der Waals surface area contributed by atoms with E-state index in [1.165, 1.54) is 24.6 Å². The molecule has 4 rings (SSSR count). The third-order valence-electron chi connectivity index (χ3n) is 5.49. The Bertz CT molecular complexity index is 1220. The lowest BCUT2D eigenvalue weighted by atomic mass is 10.1. The number of thiazole rings is 1. The minimum Gasteiger partial charge on any atom is -0.414 e. The molecule has 1 aliphatic rings. The number of anilines is 4. The Morgan fingerprint density at radius 1 is 1.24 bits per heavy atom. The predicted octanol–water partition coefficient (Wildman–Crippen LogP) is 5.97. The van der Waals surface area contributed by atoms with Gasteiger partial charge in [0.15, 0.2) is 11.4 Å². The largest absolute Gasteiger partial charge is 0.414 e. The number of piperazine rings is 1. The number of hydrogen-bond donors (Lipinski definition) is 2. The molecule has 1 aromatic heterocycles. The summed E-state index contributed by atoms with van der Waals surface area (Å²) in [6, 6.07) is 13.4. The number of halogens is 1. The van der Waals surface area contributed by atoms with Crippen molar-refractivity contribution in [3.8, 4) is 0 Å². The van der Waals surface area contributed by atoms with Crippen molar-refractivity contribution in [2.75, 3.05) is 42.1 Å². The maximum absolute atomic E-state index is 13.5. The van der Waals surface area contributed by atoms with E-state index in [1.54, 1.807) is 6.07 Å².